The average Bonchev–Trinajstić information content (AvgIpc) is 2.91. The number of hydrazone groups is 1. The van der Waals surface area contributed by atoms with Gasteiger partial charge in [-0.3, -0.25) is 0 Å². The molecule has 18 heavy (non-hydrogen) atoms. The smallest absolute Gasteiger partial charge is 0.283 e. The molecule has 0 atom stereocenters. The van der Waals surface area contributed by atoms with Crippen molar-refractivity contribution >= 4 is 12.2 Å². The zero-order valence-corrected chi connectivity index (χ0v) is 9.24. The van der Waals surface area contributed by atoms with E-state index in [1.165, 1.54) is 0 Å². The fourth-order valence-corrected chi connectivity index (χ4v) is 1.20. The Balaban J connectivity index is 2.04. The maximum absolute atomic E-state index is 8.47. The molecule has 1 aromatic heterocycles. The van der Waals surface area contributed by atoms with E-state index in [9.17, 15) is 0 Å². The molecule has 90 valence electrons. The quantitative estimate of drug-likeness (QED) is 0.585. The van der Waals surface area contributed by atoms with E-state index in [1.807, 2.05) is 24.3 Å². The predicted molar refractivity (Wildman–Crippen MR) is 62.9 cm³/mol. The summed E-state index contributed by atoms with van der Waals surface area (Å²) in [4.78, 5) is 0. The molecule has 8 nitrogen and oxygen atoms in total. The number of benzene rings is 1. The maximum atomic E-state index is 8.47. The molecule has 1 heterocycles. The summed E-state index contributed by atoms with van der Waals surface area (Å²) < 4.78 is 5.24. The molecule has 0 saturated carbocycles. The van der Waals surface area contributed by atoms with Crippen molar-refractivity contribution < 1.29 is 4.74 Å². The Morgan fingerprint density at radius 1 is 1.50 bits per heavy atom. The minimum Gasteiger partial charge on any atom is -0.478 e. The van der Waals surface area contributed by atoms with Crippen LogP contribution >= 0.6 is 0 Å². The minimum absolute atomic E-state index is 0.0108. The van der Waals surface area contributed by atoms with Crippen molar-refractivity contribution in [3.05, 3.63) is 29.8 Å². The van der Waals surface area contributed by atoms with Crippen LogP contribution in [0.3, 0.4) is 0 Å². The van der Waals surface area contributed by atoms with Gasteiger partial charge in [0.1, 0.15) is 11.8 Å². The van der Waals surface area contributed by atoms with Crippen molar-refractivity contribution in [3.63, 3.8) is 0 Å². The molecule has 0 fully saturated rings. The fraction of sp³-hybridized carbons (Fsp3) is 0.100. The minimum atomic E-state index is -0.0108. The highest BCUT2D eigenvalue weighted by Gasteiger charge is 1.99. The van der Waals surface area contributed by atoms with Crippen LogP contribution in [0.2, 0.25) is 0 Å². The van der Waals surface area contributed by atoms with Crippen LogP contribution in [0.4, 0.5) is 5.95 Å². The van der Waals surface area contributed by atoms with Crippen molar-refractivity contribution in [3.8, 4) is 11.8 Å². The van der Waals surface area contributed by atoms with E-state index in [2.05, 4.69) is 31.2 Å². The van der Waals surface area contributed by atoms with Crippen molar-refractivity contribution in [1.82, 2.24) is 20.6 Å². The first-order valence-corrected chi connectivity index (χ1v) is 5.01. The predicted octanol–water partition coefficient (Wildman–Crippen LogP) is 0.548. The van der Waals surface area contributed by atoms with Crippen molar-refractivity contribution in [2.24, 2.45) is 5.10 Å². The number of H-pyrrole nitrogens is 1. The first-order valence-electron chi connectivity index (χ1n) is 5.01. The van der Waals surface area contributed by atoms with Crippen molar-refractivity contribution in [1.29, 1.82) is 5.26 Å². The van der Waals surface area contributed by atoms with Gasteiger partial charge in [0, 0.05) is 5.56 Å². The van der Waals surface area contributed by atoms with Gasteiger partial charge in [0.15, 0.2) is 6.61 Å². The van der Waals surface area contributed by atoms with E-state index in [4.69, 9.17) is 10.00 Å². The molecule has 2 aromatic rings. The monoisotopic (exact) mass is 243 g/mol. The van der Waals surface area contributed by atoms with E-state index < -0.39 is 0 Å². The number of nitrogens with zero attached hydrogens (tertiary/aromatic N) is 5. The molecule has 2 rings (SSSR count). The van der Waals surface area contributed by atoms with E-state index in [0.717, 1.165) is 5.56 Å². The fourth-order valence-electron chi connectivity index (χ4n) is 1.20. The summed E-state index contributed by atoms with van der Waals surface area (Å²) in [7, 11) is 0. The molecule has 1 aromatic carbocycles. The summed E-state index contributed by atoms with van der Waals surface area (Å²) in [5, 5.41) is 25.4. The van der Waals surface area contributed by atoms with E-state index in [-0.39, 0.29) is 12.6 Å². The molecule has 0 amide bonds. The van der Waals surface area contributed by atoms with Gasteiger partial charge in [-0.05, 0) is 17.3 Å². The number of para-hydroxylation sites is 1. The second-order valence-electron chi connectivity index (χ2n) is 3.09. The SMILES string of the molecule is N#CCOc1ccccc1/C=N\Nc1nn[nH]n1. The van der Waals surface area contributed by atoms with Crippen LogP contribution in [0.1, 0.15) is 5.56 Å². The molecule has 0 bridgehead atoms. The third kappa shape index (κ3) is 3.02. The summed E-state index contributed by atoms with van der Waals surface area (Å²) in [5.74, 6) is 0.847. The Hall–Kier alpha value is -2.95. The maximum Gasteiger partial charge on any atom is 0.283 e. The van der Waals surface area contributed by atoms with Crippen molar-refractivity contribution in [2.75, 3.05) is 12.0 Å². The van der Waals surface area contributed by atoms with Gasteiger partial charge in [0.2, 0.25) is 0 Å². The number of tetrazole rings is 1. The average molecular weight is 243 g/mol. The Bertz CT molecular complexity index is 558. The number of aromatic amines is 1. The summed E-state index contributed by atoms with van der Waals surface area (Å²) in [6.45, 7) is -0.0108. The van der Waals surface area contributed by atoms with Gasteiger partial charge in [0.25, 0.3) is 5.95 Å². The van der Waals surface area contributed by atoms with Crippen LogP contribution in [0.5, 0.6) is 5.75 Å². The second-order valence-corrected chi connectivity index (χ2v) is 3.09. The molecule has 0 aliphatic rings. The van der Waals surface area contributed by atoms with Crippen LogP contribution in [0.25, 0.3) is 0 Å². The highest BCUT2D eigenvalue weighted by Crippen LogP contribution is 2.15. The van der Waals surface area contributed by atoms with Gasteiger partial charge < -0.3 is 4.74 Å². The first kappa shape index (κ1) is 11.5. The molecule has 0 aliphatic carbocycles. The Kier molecular flexibility index (Phi) is 3.81. The van der Waals surface area contributed by atoms with Crippen LogP contribution in [0, 0.1) is 11.3 Å². The normalized spacial score (nSPS) is 10.2. The standard InChI is InChI=1S/C10H9N7O/c11-5-6-18-9-4-2-1-3-8(9)7-12-13-10-14-16-17-15-10/h1-4,7H,6H2,(H2,13,14,15,16,17)/b12-7-. The summed E-state index contributed by atoms with van der Waals surface area (Å²) >= 11 is 0. The van der Waals surface area contributed by atoms with E-state index in [0.29, 0.717) is 5.75 Å². The zero-order valence-electron chi connectivity index (χ0n) is 9.24. The Labute approximate surface area is 102 Å². The number of rotatable bonds is 5. The molecule has 8 heteroatoms. The number of nitriles is 1. The lowest BCUT2D eigenvalue weighted by atomic mass is 10.2. The number of hydrogen-bond donors (Lipinski definition) is 2. The Morgan fingerprint density at radius 3 is 3.17 bits per heavy atom. The van der Waals surface area contributed by atoms with Crippen LogP contribution in [-0.4, -0.2) is 33.4 Å². The lowest BCUT2D eigenvalue weighted by molar-refractivity contribution is 0.367. The summed E-state index contributed by atoms with van der Waals surface area (Å²) in [6.07, 6.45) is 1.54. The van der Waals surface area contributed by atoms with Gasteiger partial charge in [0.05, 0.1) is 6.21 Å². The molecule has 0 unspecified atom stereocenters. The number of hydrogen-bond acceptors (Lipinski definition) is 7. The lowest BCUT2D eigenvalue weighted by Gasteiger charge is -2.04. The number of anilines is 1. The summed E-state index contributed by atoms with van der Waals surface area (Å²) in [6, 6.07) is 9.14. The molecule has 0 spiro atoms. The van der Waals surface area contributed by atoms with E-state index in [1.54, 1.807) is 12.3 Å². The van der Waals surface area contributed by atoms with Gasteiger partial charge in [-0.1, -0.05) is 17.2 Å². The summed E-state index contributed by atoms with van der Waals surface area (Å²) in [5.41, 5.74) is 3.33. The lowest BCUT2D eigenvalue weighted by Crippen LogP contribution is -1.98. The molecule has 2 N–H and O–H groups in total. The molecule has 0 aliphatic heterocycles. The third-order valence-corrected chi connectivity index (χ3v) is 1.92. The van der Waals surface area contributed by atoms with Crippen LogP contribution in [0.15, 0.2) is 29.4 Å². The van der Waals surface area contributed by atoms with Gasteiger partial charge in [-0.15, -0.1) is 5.10 Å². The van der Waals surface area contributed by atoms with Crippen LogP contribution < -0.4 is 10.2 Å². The van der Waals surface area contributed by atoms with Gasteiger partial charge >= 0.3 is 0 Å². The molecular weight excluding hydrogens is 234 g/mol. The number of ether oxygens (including phenoxy) is 1. The molecule has 0 radical (unpaired) electrons. The largest absolute Gasteiger partial charge is 0.478 e. The topological polar surface area (TPSA) is 112 Å². The number of nitrogens with one attached hydrogen (secondary N) is 2. The third-order valence-electron chi connectivity index (χ3n) is 1.92. The highest BCUT2D eigenvalue weighted by atomic mass is 16.5. The highest BCUT2D eigenvalue weighted by molar-refractivity contribution is 5.83. The van der Waals surface area contributed by atoms with Gasteiger partial charge in [-0.25, -0.2) is 5.43 Å². The van der Waals surface area contributed by atoms with Crippen molar-refractivity contribution in [2.45, 2.75) is 0 Å². The zero-order chi connectivity index (χ0) is 12.6. The van der Waals surface area contributed by atoms with E-state index >= 15 is 0 Å². The Morgan fingerprint density at radius 2 is 2.39 bits per heavy atom. The molecular formula is C10H9N7O. The van der Waals surface area contributed by atoms with Gasteiger partial charge in [-0.2, -0.15) is 15.6 Å². The number of aromatic nitrogens is 4. The van der Waals surface area contributed by atoms with Crippen LogP contribution in [-0.2, 0) is 0 Å². The molecule has 0 saturated heterocycles. The first-order chi connectivity index (χ1) is 8.90. The second kappa shape index (κ2) is 5.95.